The Bertz CT molecular complexity index is 483. The van der Waals surface area contributed by atoms with Crippen LogP contribution >= 0.6 is 0 Å². The van der Waals surface area contributed by atoms with Gasteiger partial charge in [0.05, 0.1) is 16.7 Å². The van der Waals surface area contributed by atoms with Gasteiger partial charge in [-0.25, -0.2) is 4.79 Å². The smallest absolute Gasteiger partial charge is 0.321 e. The highest BCUT2D eigenvalue weighted by Gasteiger charge is 2.19. The Labute approximate surface area is 103 Å². The molecule has 2 rings (SSSR count). The number of carbonyl (C=O) groups is 1. The minimum Gasteiger partial charge on any atom is -0.506 e. The Balaban J connectivity index is 2.09. The molecule has 1 fully saturated rings. The van der Waals surface area contributed by atoms with E-state index in [-0.39, 0.29) is 23.2 Å². The van der Waals surface area contributed by atoms with Crippen molar-refractivity contribution in [3.05, 3.63) is 28.3 Å². The highest BCUT2D eigenvalue weighted by atomic mass is 16.6. The number of nitro benzene ring substituents is 1. The summed E-state index contributed by atoms with van der Waals surface area (Å²) < 4.78 is 0. The molecule has 1 aromatic carbocycles. The largest absolute Gasteiger partial charge is 0.506 e. The lowest BCUT2D eigenvalue weighted by atomic mass is 10.2. The van der Waals surface area contributed by atoms with E-state index in [9.17, 15) is 20.0 Å². The van der Waals surface area contributed by atoms with E-state index < -0.39 is 4.92 Å². The molecule has 0 aliphatic carbocycles. The molecule has 0 saturated carbocycles. The van der Waals surface area contributed by atoms with Crippen LogP contribution in [0.4, 0.5) is 16.2 Å². The van der Waals surface area contributed by atoms with Crippen molar-refractivity contribution in [2.45, 2.75) is 12.8 Å². The van der Waals surface area contributed by atoms with Crippen molar-refractivity contribution in [2.24, 2.45) is 0 Å². The monoisotopic (exact) mass is 251 g/mol. The molecular weight excluding hydrogens is 238 g/mol. The molecule has 1 aromatic rings. The molecule has 0 aromatic heterocycles. The number of hydrogen-bond acceptors (Lipinski definition) is 4. The number of amides is 2. The maximum Gasteiger partial charge on any atom is 0.321 e. The van der Waals surface area contributed by atoms with Crippen LogP contribution in [-0.2, 0) is 0 Å². The number of aromatic hydroxyl groups is 1. The highest BCUT2D eigenvalue weighted by Crippen LogP contribution is 2.28. The number of benzene rings is 1. The summed E-state index contributed by atoms with van der Waals surface area (Å²) in [5, 5.41) is 22.6. The zero-order chi connectivity index (χ0) is 13.1. The molecule has 96 valence electrons. The minimum absolute atomic E-state index is 0.178. The summed E-state index contributed by atoms with van der Waals surface area (Å²) in [6.07, 6.45) is 1.94. The van der Waals surface area contributed by atoms with Gasteiger partial charge in [-0.15, -0.1) is 0 Å². The molecule has 2 N–H and O–H groups in total. The quantitative estimate of drug-likeness (QED) is 0.477. The zero-order valence-corrected chi connectivity index (χ0v) is 9.63. The van der Waals surface area contributed by atoms with Crippen molar-refractivity contribution in [3.8, 4) is 5.75 Å². The molecule has 0 spiro atoms. The summed E-state index contributed by atoms with van der Waals surface area (Å²) in [5.41, 5.74) is -0.0378. The average molecular weight is 251 g/mol. The number of non-ortho nitro benzene ring substituents is 1. The third-order valence-electron chi connectivity index (χ3n) is 2.83. The van der Waals surface area contributed by atoms with Crippen LogP contribution < -0.4 is 5.32 Å². The topological polar surface area (TPSA) is 95.7 Å². The maximum atomic E-state index is 11.8. The fourth-order valence-corrected chi connectivity index (χ4v) is 1.85. The highest BCUT2D eigenvalue weighted by molar-refractivity contribution is 5.91. The van der Waals surface area contributed by atoms with Gasteiger partial charge in [0, 0.05) is 19.2 Å². The van der Waals surface area contributed by atoms with Crippen LogP contribution in [0, 0.1) is 10.1 Å². The van der Waals surface area contributed by atoms with E-state index in [1.165, 1.54) is 12.1 Å². The van der Waals surface area contributed by atoms with Crippen LogP contribution in [0.15, 0.2) is 18.2 Å². The molecule has 1 aliphatic heterocycles. The number of phenolic OH excluding ortho intramolecular Hbond substituents is 1. The van der Waals surface area contributed by atoms with E-state index in [2.05, 4.69) is 5.32 Å². The predicted molar refractivity (Wildman–Crippen MR) is 64.6 cm³/mol. The molecule has 0 bridgehead atoms. The lowest BCUT2D eigenvalue weighted by molar-refractivity contribution is -0.384. The Morgan fingerprint density at radius 1 is 1.39 bits per heavy atom. The number of nitrogens with one attached hydrogen (secondary N) is 1. The van der Waals surface area contributed by atoms with Gasteiger partial charge < -0.3 is 15.3 Å². The summed E-state index contributed by atoms with van der Waals surface area (Å²) in [5.74, 6) is -0.309. The van der Waals surface area contributed by atoms with Gasteiger partial charge in [0.25, 0.3) is 5.69 Å². The first-order valence-corrected chi connectivity index (χ1v) is 5.61. The summed E-state index contributed by atoms with van der Waals surface area (Å²) in [7, 11) is 0. The first-order chi connectivity index (χ1) is 8.58. The molecule has 1 heterocycles. The zero-order valence-electron chi connectivity index (χ0n) is 9.63. The lowest BCUT2D eigenvalue weighted by Gasteiger charge is -2.16. The second kappa shape index (κ2) is 4.91. The van der Waals surface area contributed by atoms with Crippen molar-refractivity contribution in [1.29, 1.82) is 0 Å². The second-order valence-electron chi connectivity index (χ2n) is 4.08. The number of urea groups is 1. The molecule has 0 radical (unpaired) electrons. The van der Waals surface area contributed by atoms with Crippen LogP contribution in [0.5, 0.6) is 5.75 Å². The number of rotatable bonds is 2. The number of likely N-dealkylation sites (tertiary alicyclic amines) is 1. The molecule has 7 heteroatoms. The van der Waals surface area contributed by atoms with E-state index in [0.717, 1.165) is 18.9 Å². The fourth-order valence-electron chi connectivity index (χ4n) is 1.85. The third kappa shape index (κ3) is 2.50. The van der Waals surface area contributed by atoms with Crippen molar-refractivity contribution in [1.82, 2.24) is 4.90 Å². The van der Waals surface area contributed by atoms with Crippen molar-refractivity contribution in [3.63, 3.8) is 0 Å². The van der Waals surface area contributed by atoms with E-state index in [1.54, 1.807) is 4.90 Å². The number of phenols is 1. The van der Waals surface area contributed by atoms with Gasteiger partial charge in [0.1, 0.15) is 5.75 Å². The lowest BCUT2D eigenvalue weighted by Crippen LogP contribution is -2.32. The van der Waals surface area contributed by atoms with E-state index in [1.807, 2.05) is 0 Å². The molecule has 1 saturated heterocycles. The predicted octanol–water partition coefficient (Wildman–Crippen LogP) is 1.93. The number of hydrogen-bond donors (Lipinski definition) is 2. The van der Waals surface area contributed by atoms with Gasteiger partial charge in [-0.2, -0.15) is 0 Å². The first-order valence-electron chi connectivity index (χ1n) is 5.61. The van der Waals surface area contributed by atoms with Crippen molar-refractivity contribution < 1.29 is 14.8 Å². The van der Waals surface area contributed by atoms with Crippen LogP contribution in [0.3, 0.4) is 0 Å². The van der Waals surface area contributed by atoms with Crippen LogP contribution in [0.25, 0.3) is 0 Å². The normalized spacial score (nSPS) is 14.6. The molecule has 0 unspecified atom stereocenters. The fraction of sp³-hybridized carbons (Fsp3) is 0.364. The molecule has 18 heavy (non-hydrogen) atoms. The Hall–Kier alpha value is -2.31. The SMILES string of the molecule is O=C(Nc1ccc([N+](=O)[O-])cc1O)N1CCCC1. The molecular formula is C11H13N3O4. The minimum atomic E-state index is -0.605. The van der Waals surface area contributed by atoms with E-state index in [0.29, 0.717) is 13.1 Å². The average Bonchev–Trinajstić information content (AvgIpc) is 2.85. The van der Waals surface area contributed by atoms with E-state index in [4.69, 9.17) is 0 Å². The van der Waals surface area contributed by atoms with Gasteiger partial charge in [-0.05, 0) is 18.9 Å². The molecule has 2 amide bonds. The second-order valence-corrected chi connectivity index (χ2v) is 4.08. The van der Waals surface area contributed by atoms with Gasteiger partial charge in [0.2, 0.25) is 0 Å². The standard InChI is InChI=1S/C11H13N3O4/c15-10-7-8(14(17)18)3-4-9(10)12-11(16)13-5-1-2-6-13/h3-4,7,15H,1-2,5-6H2,(H,12,16). The van der Waals surface area contributed by atoms with Crippen molar-refractivity contribution in [2.75, 3.05) is 18.4 Å². The Morgan fingerprint density at radius 2 is 2.06 bits per heavy atom. The van der Waals surface area contributed by atoms with Gasteiger partial charge in [-0.1, -0.05) is 0 Å². The van der Waals surface area contributed by atoms with Gasteiger partial charge in [-0.3, -0.25) is 10.1 Å². The number of carbonyl (C=O) groups excluding carboxylic acids is 1. The number of nitrogens with zero attached hydrogens (tertiary/aromatic N) is 2. The Morgan fingerprint density at radius 3 is 2.61 bits per heavy atom. The molecule has 1 aliphatic rings. The number of anilines is 1. The first kappa shape index (κ1) is 12.2. The molecule has 7 nitrogen and oxygen atoms in total. The molecule has 0 atom stereocenters. The number of nitro groups is 1. The Kier molecular flexibility index (Phi) is 3.31. The van der Waals surface area contributed by atoms with Gasteiger partial charge in [0.15, 0.2) is 0 Å². The van der Waals surface area contributed by atoms with Gasteiger partial charge >= 0.3 is 6.03 Å². The third-order valence-corrected chi connectivity index (χ3v) is 2.83. The summed E-state index contributed by atoms with van der Waals surface area (Å²) in [4.78, 5) is 23.3. The van der Waals surface area contributed by atoms with Crippen LogP contribution in [-0.4, -0.2) is 34.1 Å². The summed E-state index contributed by atoms with van der Waals surface area (Å²) in [6, 6.07) is 3.28. The summed E-state index contributed by atoms with van der Waals surface area (Å²) >= 11 is 0. The van der Waals surface area contributed by atoms with Crippen molar-refractivity contribution >= 4 is 17.4 Å². The summed E-state index contributed by atoms with van der Waals surface area (Å²) in [6.45, 7) is 1.39. The maximum absolute atomic E-state index is 11.8. The van der Waals surface area contributed by atoms with Crippen LogP contribution in [0.2, 0.25) is 0 Å². The van der Waals surface area contributed by atoms with Crippen LogP contribution in [0.1, 0.15) is 12.8 Å². The van der Waals surface area contributed by atoms with E-state index >= 15 is 0 Å².